The molecule has 2 nitrogen and oxygen atoms in total. The Bertz CT molecular complexity index is 231. The molecule has 2 saturated carbocycles. The molecule has 4 atom stereocenters. The molecule has 106 valence electrons. The van der Waals surface area contributed by atoms with Crippen molar-refractivity contribution in [3.8, 4) is 0 Å². The van der Waals surface area contributed by atoms with E-state index in [1.165, 1.54) is 64.3 Å². The molecule has 0 bridgehead atoms. The van der Waals surface area contributed by atoms with Gasteiger partial charge in [0.15, 0.2) is 0 Å². The van der Waals surface area contributed by atoms with Crippen LogP contribution in [0.2, 0.25) is 0 Å². The van der Waals surface area contributed by atoms with Gasteiger partial charge >= 0.3 is 0 Å². The van der Waals surface area contributed by atoms with Crippen LogP contribution in [0.25, 0.3) is 0 Å². The summed E-state index contributed by atoms with van der Waals surface area (Å²) < 4.78 is 6.35. The van der Waals surface area contributed by atoms with Gasteiger partial charge in [0.1, 0.15) is 0 Å². The summed E-state index contributed by atoms with van der Waals surface area (Å²) in [6.45, 7) is 5.73. The Balaban J connectivity index is 1.67. The van der Waals surface area contributed by atoms with E-state index in [1.807, 2.05) is 0 Å². The van der Waals surface area contributed by atoms with Gasteiger partial charge in [-0.3, -0.25) is 0 Å². The van der Waals surface area contributed by atoms with E-state index in [1.54, 1.807) is 0 Å². The molecule has 0 aromatic heterocycles. The van der Waals surface area contributed by atoms with E-state index in [-0.39, 0.29) is 0 Å². The van der Waals surface area contributed by atoms with Crippen molar-refractivity contribution < 1.29 is 4.74 Å². The zero-order chi connectivity index (χ0) is 12.8. The topological polar surface area (TPSA) is 21.3 Å². The van der Waals surface area contributed by atoms with E-state index in [4.69, 9.17) is 4.74 Å². The molecule has 0 amide bonds. The zero-order valence-electron chi connectivity index (χ0n) is 12.3. The van der Waals surface area contributed by atoms with Gasteiger partial charge in [-0.2, -0.15) is 0 Å². The maximum atomic E-state index is 6.35. The summed E-state index contributed by atoms with van der Waals surface area (Å²) in [6, 6.07) is 0.723. The minimum absolute atomic E-state index is 0.542. The highest BCUT2D eigenvalue weighted by Gasteiger charge is 2.29. The largest absolute Gasteiger partial charge is 0.375 e. The van der Waals surface area contributed by atoms with Crippen molar-refractivity contribution in [2.45, 2.75) is 89.9 Å². The second-order valence-electron chi connectivity index (χ2n) is 6.29. The van der Waals surface area contributed by atoms with Crippen molar-refractivity contribution in [3.63, 3.8) is 0 Å². The first-order valence-electron chi connectivity index (χ1n) is 8.20. The van der Waals surface area contributed by atoms with Gasteiger partial charge in [-0.25, -0.2) is 0 Å². The minimum atomic E-state index is 0.542. The van der Waals surface area contributed by atoms with Crippen LogP contribution < -0.4 is 5.32 Å². The summed E-state index contributed by atoms with van der Waals surface area (Å²) in [7, 11) is 0. The summed E-state index contributed by atoms with van der Waals surface area (Å²) in [4.78, 5) is 0. The lowest BCUT2D eigenvalue weighted by Gasteiger charge is -2.30. The van der Waals surface area contributed by atoms with Crippen LogP contribution >= 0.6 is 0 Å². The Morgan fingerprint density at radius 2 is 1.83 bits per heavy atom. The molecule has 18 heavy (non-hydrogen) atoms. The number of rotatable bonds is 6. The van der Waals surface area contributed by atoms with E-state index in [0.29, 0.717) is 12.2 Å². The Labute approximate surface area is 113 Å². The summed E-state index contributed by atoms with van der Waals surface area (Å²) >= 11 is 0. The maximum absolute atomic E-state index is 6.35. The van der Waals surface area contributed by atoms with Crippen molar-refractivity contribution in [1.82, 2.24) is 5.32 Å². The van der Waals surface area contributed by atoms with Gasteiger partial charge in [0.05, 0.1) is 12.2 Å². The molecule has 4 unspecified atom stereocenters. The predicted octanol–water partition coefficient (Wildman–Crippen LogP) is 3.89. The molecule has 2 rings (SSSR count). The molecule has 0 heterocycles. The molecule has 2 fully saturated rings. The first-order chi connectivity index (χ1) is 8.81. The lowest BCUT2D eigenvalue weighted by Crippen LogP contribution is -2.30. The average Bonchev–Trinajstić information content (AvgIpc) is 2.84. The molecule has 0 aromatic carbocycles. The Hall–Kier alpha value is -0.0800. The Morgan fingerprint density at radius 3 is 2.61 bits per heavy atom. The van der Waals surface area contributed by atoms with E-state index in [9.17, 15) is 0 Å². The number of hydrogen-bond acceptors (Lipinski definition) is 2. The fraction of sp³-hybridized carbons (Fsp3) is 1.00. The van der Waals surface area contributed by atoms with Crippen molar-refractivity contribution in [3.05, 3.63) is 0 Å². The minimum Gasteiger partial charge on any atom is -0.375 e. The van der Waals surface area contributed by atoms with Gasteiger partial charge in [-0.1, -0.05) is 33.1 Å². The average molecular weight is 253 g/mol. The smallest absolute Gasteiger partial charge is 0.0594 e. The first-order valence-corrected chi connectivity index (χ1v) is 8.20. The molecule has 2 heteroatoms. The van der Waals surface area contributed by atoms with Gasteiger partial charge in [0.25, 0.3) is 0 Å². The zero-order valence-corrected chi connectivity index (χ0v) is 12.3. The third-order valence-corrected chi connectivity index (χ3v) is 4.76. The molecule has 0 spiro atoms. The highest BCUT2D eigenvalue weighted by molar-refractivity contribution is 4.83. The summed E-state index contributed by atoms with van der Waals surface area (Å²) in [5, 5.41) is 3.64. The van der Waals surface area contributed by atoms with Crippen LogP contribution in [-0.4, -0.2) is 24.8 Å². The second kappa shape index (κ2) is 7.49. The summed E-state index contributed by atoms with van der Waals surface area (Å²) in [6.07, 6.45) is 13.0. The molecule has 0 radical (unpaired) electrons. The molecule has 0 aromatic rings. The third kappa shape index (κ3) is 4.24. The van der Waals surface area contributed by atoms with Crippen molar-refractivity contribution in [2.75, 3.05) is 6.54 Å². The third-order valence-electron chi connectivity index (χ3n) is 4.76. The van der Waals surface area contributed by atoms with Crippen molar-refractivity contribution in [1.29, 1.82) is 0 Å². The van der Waals surface area contributed by atoms with Gasteiger partial charge < -0.3 is 10.1 Å². The van der Waals surface area contributed by atoms with E-state index >= 15 is 0 Å². The maximum Gasteiger partial charge on any atom is 0.0594 e. The number of hydrogen-bond donors (Lipinski definition) is 1. The quantitative estimate of drug-likeness (QED) is 0.775. The fourth-order valence-corrected chi connectivity index (χ4v) is 3.61. The van der Waals surface area contributed by atoms with Crippen LogP contribution in [0.5, 0.6) is 0 Å². The molecular formula is C16H31NO. The standard InChI is InChI=1S/C16H31NO/c1-3-10-17-14-8-9-16(12-14)18-15-7-5-6-13(4-2)11-15/h13-17H,3-12H2,1-2H3. The van der Waals surface area contributed by atoms with E-state index in [0.717, 1.165) is 12.0 Å². The summed E-state index contributed by atoms with van der Waals surface area (Å²) in [5.74, 6) is 0.930. The lowest BCUT2D eigenvalue weighted by atomic mass is 9.85. The first kappa shape index (κ1) is 14.3. The van der Waals surface area contributed by atoms with Crippen LogP contribution in [0.3, 0.4) is 0 Å². The van der Waals surface area contributed by atoms with E-state index < -0.39 is 0 Å². The number of ether oxygens (including phenoxy) is 1. The molecule has 0 aliphatic heterocycles. The van der Waals surface area contributed by atoms with E-state index in [2.05, 4.69) is 19.2 Å². The van der Waals surface area contributed by atoms with Crippen LogP contribution in [-0.2, 0) is 4.74 Å². The van der Waals surface area contributed by atoms with Gasteiger partial charge in [0, 0.05) is 6.04 Å². The molecule has 2 aliphatic rings. The van der Waals surface area contributed by atoms with Gasteiger partial charge in [-0.05, 0) is 51.0 Å². The van der Waals surface area contributed by atoms with Crippen LogP contribution in [0.15, 0.2) is 0 Å². The molecule has 1 N–H and O–H groups in total. The van der Waals surface area contributed by atoms with Crippen LogP contribution in [0.4, 0.5) is 0 Å². The Kier molecular flexibility index (Phi) is 5.97. The molecular weight excluding hydrogens is 222 g/mol. The normalized spacial score (nSPS) is 37.0. The van der Waals surface area contributed by atoms with Crippen LogP contribution in [0, 0.1) is 5.92 Å². The van der Waals surface area contributed by atoms with Crippen molar-refractivity contribution >= 4 is 0 Å². The number of nitrogens with one attached hydrogen (secondary N) is 1. The highest BCUT2D eigenvalue weighted by atomic mass is 16.5. The van der Waals surface area contributed by atoms with Crippen molar-refractivity contribution in [2.24, 2.45) is 5.92 Å². The van der Waals surface area contributed by atoms with Gasteiger partial charge in [0.2, 0.25) is 0 Å². The lowest BCUT2D eigenvalue weighted by molar-refractivity contribution is -0.0379. The predicted molar refractivity (Wildman–Crippen MR) is 76.8 cm³/mol. The Morgan fingerprint density at radius 1 is 1.00 bits per heavy atom. The molecule has 0 saturated heterocycles. The van der Waals surface area contributed by atoms with Gasteiger partial charge in [-0.15, -0.1) is 0 Å². The monoisotopic (exact) mass is 253 g/mol. The SMILES string of the molecule is CCCNC1CCC(OC2CCCC(CC)C2)C1. The molecule has 2 aliphatic carbocycles. The second-order valence-corrected chi connectivity index (χ2v) is 6.29. The summed E-state index contributed by atoms with van der Waals surface area (Å²) in [5.41, 5.74) is 0. The highest BCUT2D eigenvalue weighted by Crippen LogP contribution is 2.32. The van der Waals surface area contributed by atoms with Crippen LogP contribution in [0.1, 0.15) is 71.6 Å². The fourth-order valence-electron chi connectivity index (χ4n) is 3.61.